The molecule has 4 nitrogen and oxygen atoms in total. The van der Waals surface area contributed by atoms with Crippen molar-refractivity contribution in [3.63, 3.8) is 0 Å². The van der Waals surface area contributed by atoms with Gasteiger partial charge in [0.15, 0.2) is 0 Å². The van der Waals surface area contributed by atoms with E-state index in [1.165, 1.54) is 11.3 Å². The number of benzene rings is 1. The van der Waals surface area contributed by atoms with Gasteiger partial charge in [-0.1, -0.05) is 12.1 Å². The maximum Gasteiger partial charge on any atom is 0.261 e. The first-order valence-corrected chi connectivity index (χ1v) is 6.55. The van der Waals surface area contributed by atoms with Gasteiger partial charge in [0.05, 0.1) is 16.5 Å². The van der Waals surface area contributed by atoms with Crippen LogP contribution in [0.2, 0.25) is 0 Å². The molecule has 19 heavy (non-hydrogen) atoms. The van der Waals surface area contributed by atoms with Crippen molar-refractivity contribution in [1.82, 2.24) is 5.32 Å². The van der Waals surface area contributed by atoms with Crippen LogP contribution in [0.1, 0.15) is 25.7 Å². The molecule has 96 valence electrons. The van der Waals surface area contributed by atoms with Gasteiger partial charge in [-0.3, -0.25) is 4.79 Å². The van der Waals surface area contributed by atoms with E-state index < -0.39 is 0 Å². The molecule has 3 N–H and O–H groups in total. The molecule has 0 unspecified atom stereocenters. The fourth-order valence-corrected chi connectivity index (χ4v) is 2.49. The number of carbonyl (C=O) groups is 1. The van der Waals surface area contributed by atoms with Crippen molar-refractivity contribution in [2.24, 2.45) is 0 Å². The predicted octanol–water partition coefficient (Wildman–Crippen LogP) is 2.44. The van der Waals surface area contributed by atoms with Gasteiger partial charge in [0, 0.05) is 17.1 Å². The lowest BCUT2D eigenvalue weighted by molar-refractivity contribution is 0.0955. The largest absolute Gasteiger partial charge is 0.398 e. The highest BCUT2D eigenvalue weighted by molar-refractivity contribution is 7.14. The SMILES string of the molecule is Cc1sc(C(=O)NCc2cccc(C#N)c2)cc1N. The molecule has 0 aliphatic heterocycles. The van der Waals surface area contributed by atoms with Gasteiger partial charge in [-0.15, -0.1) is 11.3 Å². The number of thiophene rings is 1. The molecule has 0 radical (unpaired) electrons. The summed E-state index contributed by atoms with van der Waals surface area (Å²) in [6.45, 7) is 2.28. The lowest BCUT2D eigenvalue weighted by atomic mass is 10.1. The Kier molecular flexibility index (Phi) is 3.83. The number of nitrogens with one attached hydrogen (secondary N) is 1. The number of aryl methyl sites for hydroxylation is 1. The summed E-state index contributed by atoms with van der Waals surface area (Å²) in [4.78, 5) is 13.5. The Bertz CT molecular complexity index is 635. The normalized spacial score (nSPS) is 9.89. The van der Waals surface area contributed by atoms with Crippen LogP contribution >= 0.6 is 11.3 Å². The fourth-order valence-electron chi connectivity index (χ4n) is 1.63. The average molecular weight is 271 g/mol. The standard InChI is InChI=1S/C14H13N3OS/c1-9-12(16)6-13(19-9)14(18)17-8-11-4-2-3-10(5-11)7-15/h2-6H,8,16H2,1H3,(H,17,18). The number of nitrogens with zero attached hydrogens (tertiary/aromatic N) is 1. The van der Waals surface area contributed by atoms with Crippen molar-refractivity contribution in [2.45, 2.75) is 13.5 Å². The van der Waals surface area contributed by atoms with Crippen LogP contribution in [0.5, 0.6) is 0 Å². The van der Waals surface area contributed by atoms with E-state index in [0.717, 1.165) is 10.4 Å². The number of anilines is 1. The lowest BCUT2D eigenvalue weighted by Gasteiger charge is -2.03. The topological polar surface area (TPSA) is 78.9 Å². The number of rotatable bonds is 3. The first-order valence-electron chi connectivity index (χ1n) is 5.73. The van der Waals surface area contributed by atoms with E-state index in [4.69, 9.17) is 11.0 Å². The third-order valence-corrected chi connectivity index (χ3v) is 3.75. The molecular formula is C14H13N3OS. The summed E-state index contributed by atoms with van der Waals surface area (Å²) >= 11 is 1.38. The zero-order valence-corrected chi connectivity index (χ0v) is 11.3. The summed E-state index contributed by atoms with van der Waals surface area (Å²) in [7, 11) is 0. The smallest absolute Gasteiger partial charge is 0.261 e. The summed E-state index contributed by atoms with van der Waals surface area (Å²) in [5.41, 5.74) is 7.84. The Morgan fingerprint density at radius 1 is 1.47 bits per heavy atom. The van der Waals surface area contributed by atoms with E-state index in [-0.39, 0.29) is 5.91 Å². The molecule has 5 heteroatoms. The van der Waals surface area contributed by atoms with Crippen molar-refractivity contribution < 1.29 is 4.79 Å². The van der Waals surface area contributed by atoms with Gasteiger partial charge in [-0.25, -0.2) is 0 Å². The molecule has 1 aromatic carbocycles. The molecule has 0 spiro atoms. The van der Waals surface area contributed by atoms with Gasteiger partial charge in [-0.05, 0) is 30.7 Å². The second kappa shape index (κ2) is 5.55. The van der Waals surface area contributed by atoms with Crippen LogP contribution in [0.4, 0.5) is 5.69 Å². The van der Waals surface area contributed by atoms with Gasteiger partial charge in [-0.2, -0.15) is 5.26 Å². The van der Waals surface area contributed by atoms with E-state index in [9.17, 15) is 4.79 Å². The summed E-state index contributed by atoms with van der Waals surface area (Å²) in [6, 6.07) is 10.9. The maximum absolute atomic E-state index is 11.9. The molecule has 0 saturated carbocycles. The first kappa shape index (κ1) is 13.1. The number of hydrogen-bond donors (Lipinski definition) is 2. The number of nitriles is 1. The Labute approximate surface area is 115 Å². The lowest BCUT2D eigenvalue weighted by Crippen LogP contribution is -2.21. The van der Waals surface area contributed by atoms with E-state index >= 15 is 0 Å². The van der Waals surface area contributed by atoms with Gasteiger partial charge in [0.1, 0.15) is 0 Å². The highest BCUT2D eigenvalue weighted by Gasteiger charge is 2.10. The number of carbonyl (C=O) groups excluding carboxylic acids is 1. The van der Waals surface area contributed by atoms with Crippen molar-refractivity contribution >= 4 is 22.9 Å². The highest BCUT2D eigenvalue weighted by Crippen LogP contribution is 2.23. The number of amides is 1. The number of nitrogens with two attached hydrogens (primary N) is 1. The van der Waals surface area contributed by atoms with Gasteiger partial charge >= 0.3 is 0 Å². The Hall–Kier alpha value is -2.32. The molecule has 1 amide bonds. The van der Waals surface area contributed by atoms with Crippen molar-refractivity contribution in [2.75, 3.05) is 5.73 Å². The van der Waals surface area contributed by atoms with E-state index in [1.54, 1.807) is 24.3 Å². The first-order chi connectivity index (χ1) is 9.10. The predicted molar refractivity (Wildman–Crippen MR) is 75.8 cm³/mol. The Morgan fingerprint density at radius 3 is 2.89 bits per heavy atom. The molecule has 1 heterocycles. The van der Waals surface area contributed by atoms with Gasteiger partial charge in [0.25, 0.3) is 5.91 Å². The average Bonchev–Trinajstić information content (AvgIpc) is 2.76. The monoisotopic (exact) mass is 271 g/mol. The molecule has 0 atom stereocenters. The summed E-state index contributed by atoms with van der Waals surface area (Å²) in [5.74, 6) is -0.146. The number of nitrogen functional groups attached to an aromatic ring is 1. The maximum atomic E-state index is 11.9. The molecule has 1 aromatic heterocycles. The second-order valence-corrected chi connectivity index (χ2v) is 5.37. The van der Waals surface area contributed by atoms with Crippen LogP contribution in [0, 0.1) is 18.3 Å². The van der Waals surface area contributed by atoms with Crippen molar-refractivity contribution in [3.05, 3.63) is 51.2 Å². The molecular weight excluding hydrogens is 258 g/mol. The molecule has 0 aliphatic rings. The molecule has 2 aromatic rings. The zero-order valence-electron chi connectivity index (χ0n) is 10.4. The minimum Gasteiger partial charge on any atom is -0.398 e. The van der Waals surface area contributed by atoms with Crippen LogP contribution in [0.3, 0.4) is 0 Å². The zero-order chi connectivity index (χ0) is 13.8. The summed E-state index contributed by atoms with van der Waals surface area (Å²) < 4.78 is 0. The van der Waals surface area contributed by atoms with E-state index in [0.29, 0.717) is 22.7 Å². The molecule has 0 saturated heterocycles. The quantitative estimate of drug-likeness (QED) is 0.900. The minimum absolute atomic E-state index is 0.146. The molecule has 0 fully saturated rings. The third-order valence-electron chi connectivity index (χ3n) is 2.69. The summed E-state index contributed by atoms with van der Waals surface area (Å²) in [5, 5.41) is 11.6. The van der Waals surface area contributed by atoms with E-state index in [2.05, 4.69) is 11.4 Å². The Morgan fingerprint density at radius 2 is 2.26 bits per heavy atom. The van der Waals surface area contributed by atoms with Crippen LogP contribution in [0.15, 0.2) is 30.3 Å². The van der Waals surface area contributed by atoms with Gasteiger partial charge in [0.2, 0.25) is 0 Å². The summed E-state index contributed by atoms with van der Waals surface area (Å²) in [6.07, 6.45) is 0. The highest BCUT2D eigenvalue weighted by atomic mass is 32.1. The molecule has 0 aliphatic carbocycles. The van der Waals surface area contributed by atoms with Crippen LogP contribution in [0.25, 0.3) is 0 Å². The Balaban J connectivity index is 2.02. The number of hydrogen-bond acceptors (Lipinski definition) is 4. The third kappa shape index (κ3) is 3.12. The van der Waals surface area contributed by atoms with Crippen LogP contribution < -0.4 is 11.1 Å². The van der Waals surface area contributed by atoms with Crippen molar-refractivity contribution in [3.8, 4) is 6.07 Å². The molecule has 2 rings (SSSR count). The fraction of sp³-hybridized carbons (Fsp3) is 0.143. The molecule has 0 bridgehead atoms. The second-order valence-electron chi connectivity index (χ2n) is 4.12. The minimum atomic E-state index is -0.146. The van der Waals surface area contributed by atoms with Crippen molar-refractivity contribution in [1.29, 1.82) is 5.26 Å². The van der Waals surface area contributed by atoms with E-state index in [1.807, 2.05) is 13.0 Å². The van der Waals surface area contributed by atoms with Crippen LogP contribution in [-0.2, 0) is 6.54 Å². The van der Waals surface area contributed by atoms with Crippen LogP contribution in [-0.4, -0.2) is 5.91 Å². The van der Waals surface area contributed by atoms with Gasteiger partial charge < -0.3 is 11.1 Å².